The second-order valence-electron chi connectivity index (χ2n) is 7.17. The Hall–Kier alpha value is -3.06. The summed E-state index contributed by atoms with van der Waals surface area (Å²) in [6, 6.07) is 11.1. The van der Waals surface area contributed by atoms with E-state index >= 15 is 0 Å². The number of rotatable bonds is 5. The molecule has 1 saturated heterocycles. The molecule has 29 heavy (non-hydrogen) atoms. The summed E-state index contributed by atoms with van der Waals surface area (Å²) in [5.74, 6) is -1.06. The topological polar surface area (TPSA) is 56.8 Å². The Morgan fingerprint density at radius 1 is 0.966 bits per heavy atom. The predicted octanol–water partition coefficient (Wildman–Crippen LogP) is 2.14. The van der Waals surface area contributed by atoms with Gasteiger partial charge in [-0.25, -0.2) is 4.39 Å². The minimum atomic E-state index is -0.380. The standard InChI is InChI=1S/C22H23FN4O2/c1-2-25-11-13-26(14-12-25)20-19(16-6-8-17(23)9-7-16)21(28)27(22(20)29)15-18-5-3-4-10-24-18/h3-10H,2,11-15H2,1H3. The van der Waals surface area contributed by atoms with Crippen LogP contribution < -0.4 is 0 Å². The lowest BCUT2D eigenvalue weighted by atomic mass is 10.0. The van der Waals surface area contributed by atoms with Gasteiger partial charge in [0.25, 0.3) is 11.8 Å². The maximum Gasteiger partial charge on any atom is 0.278 e. The summed E-state index contributed by atoms with van der Waals surface area (Å²) >= 11 is 0. The Morgan fingerprint density at radius 2 is 1.69 bits per heavy atom. The van der Waals surface area contributed by atoms with Gasteiger partial charge in [-0.3, -0.25) is 19.5 Å². The monoisotopic (exact) mass is 394 g/mol. The van der Waals surface area contributed by atoms with Crippen molar-refractivity contribution in [1.82, 2.24) is 19.7 Å². The van der Waals surface area contributed by atoms with Crippen LogP contribution in [0.2, 0.25) is 0 Å². The smallest absolute Gasteiger partial charge is 0.278 e. The number of likely N-dealkylation sites (N-methyl/N-ethyl adjacent to an activating group) is 1. The van der Waals surface area contributed by atoms with Gasteiger partial charge < -0.3 is 9.80 Å². The number of nitrogens with zero attached hydrogens (tertiary/aromatic N) is 4. The lowest BCUT2D eigenvalue weighted by Gasteiger charge is -2.36. The molecule has 4 rings (SSSR count). The van der Waals surface area contributed by atoms with Gasteiger partial charge in [-0.2, -0.15) is 0 Å². The minimum Gasteiger partial charge on any atom is -0.364 e. The van der Waals surface area contributed by atoms with Gasteiger partial charge in [-0.15, -0.1) is 0 Å². The summed E-state index contributed by atoms with van der Waals surface area (Å²) in [5.41, 5.74) is 1.95. The quantitative estimate of drug-likeness (QED) is 0.728. The molecule has 2 aromatic rings. The molecule has 7 heteroatoms. The zero-order valence-corrected chi connectivity index (χ0v) is 16.3. The molecule has 1 aromatic heterocycles. The van der Waals surface area contributed by atoms with Gasteiger partial charge in [0.15, 0.2) is 0 Å². The lowest BCUT2D eigenvalue weighted by Crippen LogP contribution is -2.47. The van der Waals surface area contributed by atoms with Crippen LogP contribution >= 0.6 is 0 Å². The van der Waals surface area contributed by atoms with Gasteiger partial charge in [0.1, 0.15) is 11.5 Å². The molecule has 0 bridgehead atoms. The van der Waals surface area contributed by atoms with Crippen LogP contribution in [0.15, 0.2) is 54.4 Å². The van der Waals surface area contributed by atoms with Crippen molar-refractivity contribution in [2.45, 2.75) is 13.5 Å². The molecule has 0 N–H and O–H groups in total. The van der Waals surface area contributed by atoms with Crippen LogP contribution in [0.4, 0.5) is 4.39 Å². The number of halogens is 1. The Bertz CT molecular complexity index is 935. The molecule has 1 fully saturated rings. The summed E-state index contributed by atoms with van der Waals surface area (Å²) in [5, 5.41) is 0. The van der Waals surface area contributed by atoms with E-state index in [0.717, 1.165) is 19.6 Å². The van der Waals surface area contributed by atoms with Crippen molar-refractivity contribution in [3.05, 3.63) is 71.4 Å². The number of carbonyl (C=O) groups is 2. The molecule has 0 saturated carbocycles. The van der Waals surface area contributed by atoms with E-state index in [9.17, 15) is 14.0 Å². The van der Waals surface area contributed by atoms with Gasteiger partial charge >= 0.3 is 0 Å². The zero-order chi connectivity index (χ0) is 20.4. The second-order valence-corrected chi connectivity index (χ2v) is 7.17. The number of benzene rings is 1. The SMILES string of the molecule is CCN1CCN(C2=C(c3ccc(F)cc3)C(=O)N(Cc3ccccn3)C2=O)CC1. The predicted molar refractivity (Wildman–Crippen MR) is 107 cm³/mol. The number of hydrogen-bond acceptors (Lipinski definition) is 5. The van der Waals surface area contributed by atoms with Crippen LogP contribution in [0, 0.1) is 5.82 Å². The van der Waals surface area contributed by atoms with E-state index in [2.05, 4.69) is 16.8 Å². The highest BCUT2D eigenvalue weighted by Crippen LogP contribution is 2.33. The largest absolute Gasteiger partial charge is 0.364 e. The molecular formula is C22H23FN4O2. The number of aromatic nitrogens is 1. The van der Waals surface area contributed by atoms with Gasteiger partial charge in [0, 0.05) is 32.4 Å². The first-order valence-electron chi connectivity index (χ1n) is 9.82. The van der Waals surface area contributed by atoms with E-state index in [-0.39, 0.29) is 24.2 Å². The van der Waals surface area contributed by atoms with Crippen LogP contribution in [0.5, 0.6) is 0 Å². The first-order valence-corrected chi connectivity index (χ1v) is 9.82. The molecule has 0 atom stereocenters. The van der Waals surface area contributed by atoms with Crippen LogP contribution in [0.25, 0.3) is 5.57 Å². The lowest BCUT2D eigenvalue weighted by molar-refractivity contribution is -0.138. The number of imide groups is 1. The molecule has 3 heterocycles. The van der Waals surface area contributed by atoms with E-state index in [1.54, 1.807) is 30.5 Å². The van der Waals surface area contributed by atoms with Crippen LogP contribution in [0.3, 0.4) is 0 Å². The van der Waals surface area contributed by atoms with Crippen molar-refractivity contribution in [1.29, 1.82) is 0 Å². The van der Waals surface area contributed by atoms with Gasteiger partial charge in [0.2, 0.25) is 0 Å². The van der Waals surface area contributed by atoms with Crippen molar-refractivity contribution in [2.24, 2.45) is 0 Å². The fourth-order valence-electron chi connectivity index (χ4n) is 3.82. The maximum absolute atomic E-state index is 13.4. The molecule has 0 aliphatic carbocycles. The Kier molecular flexibility index (Phi) is 5.40. The molecule has 2 aliphatic rings. The highest BCUT2D eigenvalue weighted by atomic mass is 19.1. The fraction of sp³-hybridized carbons (Fsp3) is 0.318. The Balaban J connectivity index is 1.70. The molecule has 6 nitrogen and oxygen atoms in total. The van der Waals surface area contributed by atoms with Crippen molar-refractivity contribution >= 4 is 17.4 Å². The van der Waals surface area contributed by atoms with Crippen molar-refractivity contribution in [3.8, 4) is 0 Å². The third-order valence-corrected chi connectivity index (χ3v) is 5.46. The average Bonchev–Trinajstić information content (AvgIpc) is 3.00. The Morgan fingerprint density at radius 3 is 2.31 bits per heavy atom. The summed E-state index contributed by atoms with van der Waals surface area (Å²) in [4.78, 5) is 36.4. The van der Waals surface area contributed by atoms with Crippen LogP contribution in [-0.2, 0) is 16.1 Å². The van der Waals surface area contributed by atoms with E-state index < -0.39 is 0 Å². The first kappa shape index (κ1) is 19.3. The number of piperazine rings is 1. The zero-order valence-electron chi connectivity index (χ0n) is 16.3. The molecule has 2 amide bonds. The molecular weight excluding hydrogens is 371 g/mol. The van der Waals surface area contributed by atoms with Crippen LogP contribution in [0.1, 0.15) is 18.2 Å². The van der Waals surface area contributed by atoms with E-state index in [1.165, 1.54) is 17.0 Å². The van der Waals surface area contributed by atoms with Crippen molar-refractivity contribution in [2.75, 3.05) is 32.7 Å². The minimum absolute atomic E-state index is 0.113. The third-order valence-electron chi connectivity index (χ3n) is 5.46. The van der Waals surface area contributed by atoms with E-state index in [0.29, 0.717) is 35.6 Å². The molecule has 1 aromatic carbocycles. The number of carbonyl (C=O) groups excluding carboxylic acids is 2. The number of amides is 2. The molecule has 2 aliphatic heterocycles. The van der Waals surface area contributed by atoms with E-state index in [1.807, 2.05) is 11.0 Å². The van der Waals surface area contributed by atoms with Gasteiger partial charge in [0.05, 0.1) is 17.8 Å². The average molecular weight is 394 g/mol. The van der Waals surface area contributed by atoms with Gasteiger partial charge in [-0.1, -0.05) is 25.1 Å². The van der Waals surface area contributed by atoms with Gasteiger partial charge in [-0.05, 0) is 36.4 Å². The van der Waals surface area contributed by atoms with Crippen molar-refractivity contribution < 1.29 is 14.0 Å². The molecule has 0 unspecified atom stereocenters. The molecule has 150 valence electrons. The van der Waals surface area contributed by atoms with E-state index in [4.69, 9.17) is 0 Å². The maximum atomic E-state index is 13.4. The highest BCUT2D eigenvalue weighted by Gasteiger charge is 2.42. The summed E-state index contributed by atoms with van der Waals surface area (Å²) in [7, 11) is 0. The summed E-state index contributed by atoms with van der Waals surface area (Å²) < 4.78 is 13.4. The molecule has 0 spiro atoms. The highest BCUT2D eigenvalue weighted by molar-refractivity contribution is 6.35. The summed E-state index contributed by atoms with van der Waals surface area (Å²) in [6.07, 6.45) is 1.64. The molecule has 0 radical (unpaired) electrons. The van der Waals surface area contributed by atoms with Crippen molar-refractivity contribution in [3.63, 3.8) is 0 Å². The van der Waals surface area contributed by atoms with Crippen LogP contribution in [-0.4, -0.2) is 64.2 Å². The number of hydrogen-bond donors (Lipinski definition) is 0. The third kappa shape index (κ3) is 3.78. The Labute approximate surface area is 169 Å². The number of pyridine rings is 1. The first-order chi connectivity index (χ1) is 14.1. The second kappa shape index (κ2) is 8.13. The fourth-order valence-corrected chi connectivity index (χ4v) is 3.82. The summed E-state index contributed by atoms with van der Waals surface area (Å²) in [6.45, 7) is 6.18. The normalized spacial score (nSPS) is 18.1.